The lowest BCUT2D eigenvalue weighted by molar-refractivity contribution is -0.122. The fraction of sp³-hybridized carbons (Fsp3) is 0.458. The number of carbonyl (C=O) groups is 1. The first-order valence-corrected chi connectivity index (χ1v) is 12.6. The summed E-state index contributed by atoms with van der Waals surface area (Å²) in [6.07, 6.45) is 3.61. The molecule has 7 heteroatoms. The lowest BCUT2D eigenvalue weighted by atomic mass is 10.1. The highest BCUT2D eigenvalue weighted by Gasteiger charge is 2.30. The summed E-state index contributed by atoms with van der Waals surface area (Å²) >= 11 is 0. The van der Waals surface area contributed by atoms with Crippen LogP contribution in [0.1, 0.15) is 42.0 Å². The summed E-state index contributed by atoms with van der Waals surface area (Å²) < 4.78 is 26.4. The topological polar surface area (TPSA) is 69.7 Å². The van der Waals surface area contributed by atoms with Crippen molar-refractivity contribution >= 4 is 21.6 Å². The molecule has 2 aromatic carbocycles. The van der Waals surface area contributed by atoms with E-state index in [1.54, 1.807) is 6.92 Å². The van der Waals surface area contributed by atoms with Gasteiger partial charge in [-0.25, -0.2) is 8.42 Å². The number of carbonyl (C=O) groups excluding carboxylic acids is 1. The number of hydrogen-bond acceptors (Lipinski definition) is 4. The zero-order valence-electron chi connectivity index (χ0n) is 18.9. The summed E-state index contributed by atoms with van der Waals surface area (Å²) in [6, 6.07) is 12.9. The van der Waals surface area contributed by atoms with Gasteiger partial charge in [-0.1, -0.05) is 36.4 Å². The van der Waals surface area contributed by atoms with Crippen LogP contribution in [0.4, 0.5) is 5.69 Å². The molecule has 3 rings (SSSR count). The number of rotatable bonds is 8. The van der Waals surface area contributed by atoms with Crippen LogP contribution in [0.15, 0.2) is 42.5 Å². The van der Waals surface area contributed by atoms with E-state index in [1.807, 2.05) is 50.2 Å². The summed E-state index contributed by atoms with van der Waals surface area (Å²) in [7, 11) is -3.64. The number of benzene rings is 2. The van der Waals surface area contributed by atoms with E-state index < -0.39 is 16.1 Å². The van der Waals surface area contributed by atoms with Crippen molar-refractivity contribution in [3.63, 3.8) is 0 Å². The quantitative estimate of drug-likeness (QED) is 0.679. The van der Waals surface area contributed by atoms with Crippen molar-refractivity contribution in [2.75, 3.05) is 23.7 Å². The molecule has 1 atom stereocenters. The van der Waals surface area contributed by atoms with E-state index in [0.29, 0.717) is 12.2 Å². The molecular formula is C24H33N3O3S. The minimum absolute atomic E-state index is 0.317. The fourth-order valence-electron chi connectivity index (χ4n) is 4.13. The van der Waals surface area contributed by atoms with Gasteiger partial charge in [0.15, 0.2) is 0 Å². The SMILES string of the molecule is Cc1ccc(C)c(N([C@@H](C)C(=O)NCc2ccccc2CN2CCCC2)S(C)(=O)=O)c1. The van der Waals surface area contributed by atoms with E-state index in [1.165, 1.54) is 22.7 Å². The van der Waals surface area contributed by atoms with Crippen molar-refractivity contribution in [3.05, 3.63) is 64.7 Å². The Morgan fingerprint density at radius 1 is 1.10 bits per heavy atom. The average molecular weight is 444 g/mol. The predicted molar refractivity (Wildman–Crippen MR) is 126 cm³/mol. The van der Waals surface area contributed by atoms with Gasteiger partial charge in [-0.15, -0.1) is 0 Å². The average Bonchev–Trinajstić information content (AvgIpc) is 3.22. The molecule has 1 aliphatic heterocycles. The Bertz CT molecular complexity index is 1030. The third-order valence-corrected chi connectivity index (χ3v) is 7.08. The van der Waals surface area contributed by atoms with Gasteiger partial charge >= 0.3 is 0 Å². The van der Waals surface area contributed by atoms with Gasteiger partial charge in [-0.2, -0.15) is 0 Å². The normalized spacial score (nSPS) is 15.6. The molecule has 2 aromatic rings. The largest absolute Gasteiger partial charge is 0.350 e. The minimum Gasteiger partial charge on any atom is -0.350 e. The molecule has 168 valence electrons. The smallest absolute Gasteiger partial charge is 0.243 e. The predicted octanol–water partition coefficient (Wildman–Crippen LogP) is 3.37. The summed E-state index contributed by atoms with van der Waals surface area (Å²) in [4.78, 5) is 15.4. The highest BCUT2D eigenvalue weighted by molar-refractivity contribution is 7.92. The second-order valence-corrected chi connectivity index (χ2v) is 10.4. The van der Waals surface area contributed by atoms with Crippen LogP contribution >= 0.6 is 0 Å². The van der Waals surface area contributed by atoms with Gasteiger partial charge in [0.25, 0.3) is 0 Å². The Morgan fingerprint density at radius 3 is 2.39 bits per heavy atom. The molecule has 1 saturated heterocycles. The minimum atomic E-state index is -3.64. The molecular weight excluding hydrogens is 410 g/mol. The first kappa shape index (κ1) is 23.3. The van der Waals surface area contributed by atoms with E-state index in [2.05, 4.69) is 16.3 Å². The van der Waals surface area contributed by atoms with Crippen molar-refractivity contribution in [1.29, 1.82) is 0 Å². The highest BCUT2D eigenvalue weighted by Crippen LogP contribution is 2.26. The highest BCUT2D eigenvalue weighted by atomic mass is 32.2. The van der Waals surface area contributed by atoms with Crippen LogP contribution in [0.3, 0.4) is 0 Å². The molecule has 1 aliphatic rings. The molecule has 0 aliphatic carbocycles. The van der Waals surface area contributed by atoms with Crippen LogP contribution < -0.4 is 9.62 Å². The van der Waals surface area contributed by atoms with Crippen molar-refractivity contribution < 1.29 is 13.2 Å². The molecule has 1 amide bonds. The molecule has 1 fully saturated rings. The van der Waals surface area contributed by atoms with Crippen LogP contribution in [0, 0.1) is 13.8 Å². The summed E-state index contributed by atoms with van der Waals surface area (Å²) in [5.41, 5.74) is 4.56. The number of likely N-dealkylation sites (tertiary alicyclic amines) is 1. The maximum absolute atomic E-state index is 13.0. The lowest BCUT2D eigenvalue weighted by Gasteiger charge is -2.30. The van der Waals surface area contributed by atoms with Crippen LogP contribution in [0.5, 0.6) is 0 Å². The molecule has 0 radical (unpaired) electrons. The number of nitrogens with one attached hydrogen (secondary N) is 1. The number of amides is 1. The van der Waals surface area contributed by atoms with E-state index in [0.717, 1.165) is 42.6 Å². The zero-order valence-corrected chi connectivity index (χ0v) is 19.7. The molecule has 31 heavy (non-hydrogen) atoms. The Labute approximate surface area is 186 Å². The van der Waals surface area contributed by atoms with Gasteiger partial charge in [0.2, 0.25) is 15.9 Å². The van der Waals surface area contributed by atoms with E-state index in [4.69, 9.17) is 0 Å². The molecule has 0 aromatic heterocycles. The maximum Gasteiger partial charge on any atom is 0.243 e. The van der Waals surface area contributed by atoms with Crippen molar-refractivity contribution in [1.82, 2.24) is 10.2 Å². The second kappa shape index (κ2) is 9.83. The molecule has 1 N–H and O–H groups in total. The van der Waals surface area contributed by atoms with E-state index in [9.17, 15) is 13.2 Å². The van der Waals surface area contributed by atoms with Gasteiger partial charge in [0.05, 0.1) is 11.9 Å². The first-order chi connectivity index (χ1) is 14.7. The van der Waals surface area contributed by atoms with Crippen LogP contribution in [-0.2, 0) is 27.9 Å². The van der Waals surface area contributed by atoms with E-state index >= 15 is 0 Å². The van der Waals surface area contributed by atoms with Crippen LogP contribution in [0.2, 0.25) is 0 Å². The molecule has 0 bridgehead atoms. The van der Waals surface area contributed by atoms with Gasteiger partial charge in [-0.3, -0.25) is 14.0 Å². The van der Waals surface area contributed by atoms with Gasteiger partial charge in [0.1, 0.15) is 6.04 Å². The standard InChI is InChI=1S/C24H33N3O3S/c1-18-11-12-19(2)23(15-18)27(31(4,29)30)20(3)24(28)25-16-21-9-5-6-10-22(21)17-26-13-7-8-14-26/h5-6,9-12,15,20H,7-8,13-14,16-17H2,1-4H3,(H,25,28)/t20-/m0/s1. The Morgan fingerprint density at radius 2 is 1.74 bits per heavy atom. The molecule has 0 spiro atoms. The Hall–Kier alpha value is -2.38. The van der Waals surface area contributed by atoms with Gasteiger partial charge in [-0.05, 0) is 75.0 Å². The third kappa shape index (κ3) is 5.86. The van der Waals surface area contributed by atoms with Gasteiger partial charge < -0.3 is 5.32 Å². The second-order valence-electron chi connectivity index (χ2n) is 8.49. The number of anilines is 1. The summed E-state index contributed by atoms with van der Waals surface area (Å²) in [6.45, 7) is 8.86. The first-order valence-electron chi connectivity index (χ1n) is 10.8. The van der Waals surface area contributed by atoms with Crippen LogP contribution in [0.25, 0.3) is 0 Å². The van der Waals surface area contributed by atoms with E-state index in [-0.39, 0.29) is 5.91 Å². The molecule has 6 nitrogen and oxygen atoms in total. The maximum atomic E-state index is 13.0. The monoisotopic (exact) mass is 443 g/mol. The molecule has 0 unspecified atom stereocenters. The van der Waals surface area contributed by atoms with Crippen molar-refractivity contribution in [2.45, 2.75) is 52.7 Å². The number of hydrogen-bond donors (Lipinski definition) is 1. The van der Waals surface area contributed by atoms with Crippen molar-refractivity contribution in [3.8, 4) is 0 Å². The molecule has 0 saturated carbocycles. The summed E-state index contributed by atoms with van der Waals surface area (Å²) in [5.74, 6) is -0.317. The van der Waals surface area contributed by atoms with Gasteiger partial charge in [0, 0.05) is 13.1 Å². The number of aryl methyl sites for hydroxylation is 2. The zero-order chi connectivity index (χ0) is 22.6. The van der Waals surface area contributed by atoms with Crippen molar-refractivity contribution in [2.24, 2.45) is 0 Å². The third-order valence-electron chi connectivity index (χ3n) is 5.85. The Balaban J connectivity index is 1.75. The number of sulfonamides is 1. The summed E-state index contributed by atoms with van der Waals surface area (Å²) in [5, 5.41) is 2.96. The van der Waals surface area contributed by atoms with Crippen LogP contribution in [-0.4, -0.2) is 44.6 Å². The Kier molecular flexibility index (Phi) is 7.38. The lowest BCUT2D eigenvalue weighted by Crippen LogP contribution is -2.48. The number of nitrogens with zero attached hydrogens (tertiary/aromatic N) is 2. The fourth-order valence-corrected chi connectivity index (χ4v) is 5.36. The molecule has 1 heterocycles.